The third-order valence-corrected chi connectivity index (χ3v) is 6.96. The van der Waals surface area contributed by atoms with Crippen molar-refractivity contribution >= 4 is 11.8 Å². The Hall–Kier alpha value is -2.18. The minimum Gasteiger partial charge on any atom is -0.337 e. The number of hydrogen-bond donors (Lipinski definition) is 1. The van der Waals surface area contributed by atoms with Gasteiger partial charge in [-0.05, 0) is 38.5 Å². The van der Waals surface area contributed by atoms with Gasteiger partial charge in [-0.15, -0.1) is 0 Å². The summed E-state index contributed by atoms with van der Waals surface area (Å²) in [7, 11) is 0. The van der Waals surface area contributed by atoms with Crippen LogP contribution in [0.3, 0.4) is 0 Å². The number of H-pyrrole nitrogens is 1. The van der Waals surface area contributed by atoms with Crippen LogP contribution in [0.15, 0.2) is 4.79 Å². The summed E-state index contributed by atoms with van der Waals surface area (Å²) in [6.45, 7) is 3.72. The van der Waals surface area contributed by atoms with Crippen LogP contribution in [0.4, 0.5) is 0 Å². The molecular weight excluding hydrogens is 380 g/mol. The summed E-state index contributed by atoms with van der Waals surface area (Å²) < 4.78 is 0. The van der Waals surface area contributed by atoms with E-state index in [4.69, 9.17) is 4.98 Å². The van der Waals surface area contributed by atoms with Crippen molar-refractivity contribution in [1.82, 2.24) is 19.8 Å². The van der Waals surface area contributed by atoms with Crippen molar-refractivity contribution in [3.8, 4) is 0 Å². The molecule has 1 aromatic rings. The fourth-order valence-corrected chi connectivity index (χ4v) is 5.27. The van der Waals surface area contributed by atoms with Crippen molar-refractivity contribution in [3.05, 3.63) is 27.4 Å². The predicted octanol–water partition coefficient (Wildman–Crippen LogP) is 3.09. The van der Waals surface area contributed by atoms with Crippen LogP contribution in [0.5, 0.6) is 0 Å². The van der Waals surface area contributed by atoms with E-state index in [1.807, 2.05) is 16.7 Å². The Morgan fingerprint density at radius 3 is 2.60 bits per heavy atom. The van der Waals surface area contributed by atoms with Gasteiger partial charge in [0.05, 0.1) is 23.8 Å². The summed E-state index contributed by atoms with van der Waals surface area (Å²) in [6.07, 6.45) is 10.2. The Labute approximate surface area is 178 Å². The third kappa shape index (κ3) is 4.30. The quantitative estimate of drug-likeness (QED) is 0.820. The smallest absolute Gasteiger partial charge is 0.256 e. The van der Waals surface area contributed by atoms with E-state index in [-0.39, 0.29) is 29.3 Å². The molecule has 0 aromatic carbocycles. The Morgan fingerprint density at radius 2 is 1.83 bits per heavy atom. The molecular formula is C23H34N4O3. The minimum atomic E-state index is -0.149. The SMILES string of the molecule is CCCC(=O)N1CCCCC1c1nc2c(c(=O)[nH]1)CN(C(=O)C1CCCCC1)CC2. The van der Waals surface area contributed by atoms with Gasteiger partial charge in [0.15, 0.2) is 0 Å². The number of nitrogens with zero attached hydrogens (tertiary/aromatic N) is 3. The fourth-order valence-electron chi connectivity index (χ4n) is 5.27. The molecule has 164 valence electrons. The van der Waals surface area contributed by atoms with Gasteiger partial charge in [0.25, 0.3) is 5.56 Å². The van der Waals surface area contributed by atoms with Gasteiger partial charge in [0.2, 0.25) is 11.8 Å². The normalized spacial score (nSPS) is 22.6. The van der Waals surface area contributed by atoms with E-state index in [2.05, 4.69) is 4.98 Å². The summed E-state index contributed by atoms with van der Waals surface area (Å²) in [5.41, 5.74) is 1.27. The monoisotopic (exact) mass is 414 g/mol. The van der Waals surface area contributed by atoms with Crippen LogP contribution in [0.2, 0.25) is 0 Å². The first-order valence-electron chi connectivity index (χ1n) is 11.8. The van der Waals surface area contributed by atoms with Gasteiger partial charge in [-0.1, -0.05) is 26.2 Å². The summed E-state index contributed by atoms with van der Waals surface area (Å²) >= 11 is 0. The van der Waals surface area contributed by atoms with Crippen LogP contribution in [0.25, 0.3) is 0 Å². The molecule has 0 bridgehead atoms. The van der Waals surface area contributed by atoms with Crippen LogP contribution in [0, 0.1) is 5.92 Å². The van der Waals surface area contributed by atoms with Crippen LogP contribution in [-0.2, 0) is 22.6 Å². The second-order valence-corrected chi connectivity index (χ2v) is 9.07. The number of aromatic nitrogens is 2. The number of carbonyl (C=O) groups is 2. The van der Waals surface area contributed by atoms with E-state index >= 15 is 0 Å². The molecule has 1 aromatic heterocycles. The molecule has 3 aliphatic rings. The first-order chi connectivity index (χ1) is 14.6. The van der Waals surface area contributed by atoms with Crippen LogP contribution < -0.4 is 5.56 Å². The highest BCUT2D eigenvalue weighted by molar-refractivity contribution is 5.79. The van der Waals surface area contributed by atoms with Crippen LogP contribution in [-0.4, -0.2) is 44.7 Å². The second kappa shape index (κ2) is 9.31. The van der Waals surface area contributed by atoms with Gasteiger partial charge in [-0.3, -0.25) is 14.4 Å². The number of amides is 2. The molecule has 1 saturated carbocycles. The molecule has 0 radical (unpaired) electrons. The maximum absolute atomic E-state index is 12.9. The maximum atomic E-state index is 12.9. The number of nitrogens with one attached hydrogen (secondary N) is 1. The molecule has 2 aliphatic heterocycles. The van der Waals surface area contributed by atoms with Crippen LogP contribution >= 0.6 is 0 Å². The number of fused-ring (bicyclic) bond motifs is 1. The lowest BCUT2D eigenvalue weighted by molar-refractivity contribution is -0.137. The largest absolute Gasteiger partial charge is 0.337 e. The average molecular weight is 415 g/mol. The molecule has 1 N–H and O–H groups in total. The Kier molecular flexibility index (Phi) is 6.54. The number of piperidine rings is 1. The van der Waals surface area contributed by atoms with Gasteiger partial charge in [-0.25, -0.2) is 4.98 Å². The van der Waals surface area contributed by atoms with E-state index < -0.39 is 0 Å². The molecule has 0 spiro atoms. The van der Waals surface area contributed by atoms with Crippen molar-refractivity contribution in [2.75, 3.05) is 13.1 Å². The lowest BCUT2D eigenvalue weighted by Crippen LogP contribution is -2.44. The molecule has 2 amide bonds. The highest BCUT2D eigenvalue weighted by Crippen LogP contribution is 2.31. The van der Waals surface area contributed by atoms with Crippen LogP contribution in [0.1, 0.15) is 94.3 Å². The molecule has 2 fully saturated rings. The standard InChI is InChI=1S/C23H34N4O3/c1-2-8-20(28)27-13-7-6-11-19(27)21-24-18-12-14-26(15-17(18)22(29)25-21)23(30)16-9-4-3-5-10-16/h16,19H,2-15H2,1H3,(H,24,25,29). The minimum absolute atomic E-state index is 0.118. The number of rotatable bonds is 4. The number of hydrogen-bond acceptors (Lipinski definition) is 4. The van der Waals surface area contributed by atoms with Gasteiger partial charge in [0.1, 0.15) is 5.82 Å². The average Bonchev–Trinajstić information content (AvgIpc) is 2.79. The lowest BCUT2D eigenvalue weighted by atomic mass is 9.88. The highest BCUT2D eigenvalue weighted by atomic mass is 16.2. The molecule has 7 nitrogen and oxygen atoms in total. The van der Waals surface area contributed by atoms with Crippen molar-refractivity contribution in [2.24, 2.45) is 5.92 Å². The van der Waals surface area contributed by atoms with E-state index in [1.54, 1.807) is 0 Å². The fraction of sp³-hybridized carbons (Fsp3) is 0.739. The highest BCUT2D eigenvalue weighted by Gasteiger charge is 2.33. The van der Waals surface area contributed by atoms with E-state index in [1.165, 1.54) is 6.42 Å². The van der Waals surface area contributed by atoms with E-state index in [9.17, 15) is 14.4 Å². The van der Waals surface area contributed by atoms with Gasteiger partial charge in [-0.2, -0.15) is 0 Å². The summed E-state index contributed by atoms with van der Waals surface area (Å²) in [5, 5.41) is 0. The maximum Gasteiger partial charge on any atom is 0.256 e. The molecule has 7 heteroatoms. The Morgan fingerprint density at radius 1 is 1.07 bits per heavy atom. The van der Waals surface area contributed by atoms with Gasteiger partial charge < -0.3 is 14.8 Å². The first kappa shape index (κ1) is 21.1. The van der Waals surface area contributed by atoms with Crippen molar-refractivity contribution in [1.29, 1.82) is 0 Å². The molecule has 1 aliphatic carbocycles. The van der Waals surface area contributed by atoms with Crippen molar-refractivity contribution in [3.63, 3.8) is 0 Å². The molecule has 1 saturated heterocycles. The van der Waals surface area contributed by atoms with Crippen molar-refractivity contribution in [2.45, 2.75) is 90.1 Å². The topological polar surface area (TPSA) is 86.4 Å². The molecule has 1 unspecified atom stereocenters. The zero-order chi connectivity index (χ0) is 21.1. The molecule has 4 rings (SSSR count). The first-order valence-corrected chi connectivity index (χ1v) is 11.8. The van der Waals surface area contributed by atoms with Gasteiger partial charge in [0, 0.05) is 31.8 Å². The summed E-state index contributed by atoms with van der Waals surface area (Å²) in [4.78, 5) is 50.0. The number of aromatic amines is 1. The zero-order valence-corrected chi connectivity index (χ0v) is 18.1. The third-order valence-electron chi connectivity index (χ3n) is 6.96. The zero-order valence-electron chi connectivity index (χ0n) is 18.1. The Bertz CT molecular complexity index is 843. The lowest BCUT2D eigenvalue weighted by Gasteiger charge is -2.36. The Balaban J connectivity index is 1.53. The molecule has 1 atom stereocenters. The van der Waals surface area contributed by atoms with Gasteiger partial charge >= 0.3 is 0 Å². The molecule has 3 heterocycles. The summed E-state index contributed by atoms with van der Waals surface area (Å²) in [5.74, 6) is 1.08. The van der Waals surface area contributed by atoms with E-state index in [0.29, 0.717) is 37.3 Å². The number of carbonyl (C=O) groups excluding carboxylic acids is 2. The van der Waals surface area contributed by atoms with E-state index in [0.717, 1.165) is 63.6 Å². The number of likely N-dealkylation sites (tertiary alicyclic amines) is 1. The second-order valence-electron chi connectivity index (χ2n) is 9.07. The summed E-state index contributed by atoms with van der Waals surface area (Å²) in [6, 6.07) is -0.141. The predicted molar refractivity (Wildman–Crippen MR) is 114 cm³/mol. The molecule has 30 heavy (non-hydrogen) atoms. The van der Waals surface area contributed by atoms with Crippen molar-refractivity contribution < 1.29 is 9.59 Å².